The van der Waals surface area contributed by atoms with E-state index < -0.39 is 0 Å². The molecule has 1 aliphatic carbocycles. The zero-order valence-corrected chi connectivity index (χ0v) is 21.6. The highest BCUT2D eigenvalue weighted by atomic mass is 16.5. The predicted octanol–water partition coefficient (Wildman–Crippen LogP) is 4.11. The lowest BCUT2D eigenvalue weighted by atomic mass is 9.74. The first-order valence-electron chi connectivity index (χ1n) is 12.1. The molecule has 2 heterocycles. The number of ether oxygens (including phenoxy) is 2. The zero-order valence-electron chi connectivity index (χ0n) is 21.6. The highest BCUT2D eigenvalue weighted by Crippen LogP contribution is 2.45. The van der Waals surface area contributed by atoms with Crippen molar-refractivity contribution in [3.63, 3.8) is 0 Å². The predicted molar refractivity (Wildman–Crippen MR) is 138 cm³/mol. The second-order valence-electron chi connectivity index (χ2n) is 9.61. The van der Waals surface area contributed by atoms with Gasteiger partial charge < -0.3 is 29.2 Å². The van der Waals surface area contributed by atoms with Gasteiger partial charge in [-0.2, -0.15) is 4.98 Å². The number of nitrogens with zero attached hydrogens (tertiary/aromatic N) is 5. The van der Waals surface area contributed by atoms with Gasteiger partial charge >= 0.3 is 0 Å². The van der Waals surface area contributed by atoms with Gasteiger partial charge in [-0.3, -0.25) is 4.79 Å². The van der Waals surface area contributed by atoms with Crippen LogP contribution in [0.4, 0.5) is 11.6 Å². The number of nitrogens with one attached hydrogen (secondary N) is 1. The fraction of sp³-hybridized carbons (Fsp3) is 0.500. The number of methoxy groups -OCH3 is 1. The molecule has 1 aromatic carbocycles. The first-order chi connectivity index (χ1) is 16.8. The molecule has 3 aromatic rings. The Hall–Kier alpha value is -3.33. The molecule has 1 saturated carbocycles. The summed E-state index contributed by atoms with van der Waals surface area (Å²) < 4.78 is 13.6. The minimum atomic E-state index is -0.0802. The van der Waals surface area contributed by atoms with Crippen molar-refractivity contribution < 1.29 is 14.3 Å². The number of carbonyl (C=O) groups excluding carboxylic acids is 1. The molecule has 2 aromatic heterocycles. The number of rotatable bonds is 10. The minimum Gasteiger partial charge on any atom is -0.493 e. The Labute approximate surface area is 207 Å². The number of hydrogen-bond donors (Lipinski definition) is 1. The van der Waals surface area contributed by atoms with Crippen LogP contribution in [0.2, 0.25) is 0 Å². The van der Waals surface area contributed by atoms with Crippen molar-refractivity contribution >= 4 is 28.6 Å². The molecule has 0 spiro atoms. The Morgan fingerprint density at radius 3 is 2.54 bits per heavy atom. The molecular formula is C26H36N6O3. The molecule has 0 saturated heterocycles. The van der Waals surface area contributed by atoms with Gasteiger partial charge in [0.2, 0.25) is 5.95 Å². The van der Waals surface area contributed by atoms with E-state index in [4.69, 9.17) is 14.5 Å². The Kier molecular flexibility index (Phi) is 7.16. The van der Waals surface area contributed by atoms with E-state index in [9.17, 15) is 4.79 Å². The van der Waals surface area contributed by atoms with Crippen molar-refractivity contribution in [3.05, 3.63) is 36.2 Å². The summed E-state index contributed by atoms with van der Waals surface area (Å²) in [5.41, 5.74) is 2.16. The third-order valence-corrected chi connectivity index (χ3v) is 6.80. The molecule has 1 aliphatic rings. The van der Waals surface area contributed by atoms with Gasteiger partial charge in [-0.25, -0.2) is 4.98 Å². The molecule has 1 amide bonds. The van der Waals surface area contributed by atoms with Crippen LogP contribution in [0.1, 0.15) is 43.1 Å². The first-order valence-corrected chi connectivity index (χ1v) is 12.1. The lowest BCUT2D eigenvalue weighted by Crippen LogP contribution is -2.42. The fourth-order valence-electron chi connectivity index (χ4n) is 4.57. The Morgan fingerprint density at radius 1 is 1.17 bits per heavy atom. The third-order valence-electron chi connectivity index (χ3n) is 6.80. The lowest BCUT2D eigenvalue weighted by Gasteiger charge is -2.44. The number of aromatic nitrogens is 3. The van der Waals surface area contributed by atoms with E-state index in [1.807, 2.05) is 38.4 Å². The van der Waals surface area contributed by atoms with Crippen molar-refractivity contribution in [1.82, 2.24) is 24.3 Å². The molecule has 0 radical (unpaired) electrons. The minimum absolute atomic E-state index is 0.0215. The molecular weight excluding hydrogens is 444 g/mol. The van der Waals surface area contributed by atoms with Crippen LogP contribution >= 0.6 is 0 Å². The van der Waals surface area contributed by atoms with Crippen LogP contribution in [0.25, 0.3) is 11.0 Å². The summed E-state index contributed by atoms with van der Waals surface area (Å²) in [4.78, 5) is 26.1. The molecule has 0 aliphatic heterocycles. The molecule has 9 heteroatoms. The van der Waals surface area contributed by atoms with Gasteiger partial charge in [-0.15, -0.1) is 0 Å². The van der Waals surface area contributed by atoms with Crippen molar-refractivity contribution in [2.24, 2.45) is 0 Å². The van der Waals surface area contributed by atoms with Crippen molar-refractivity contribution in [3.8, 4) is 11.5 Å². The van der Waals surface area contributed by atoms with Gasteiger partial charge in [0.1, 0.15) is 17.9 Å². The highest BCUT2D eigenvalue weighted by molar-refractivity contribution is 5.98. The maximum Gasteiger partial charge on any atom is 0.270 e. The lowest BCUT2D eigenvalue weighted by molar-refractivity contribution is 0.0780. The number of fused-ring (bicyclic) bond motifs is 1. The second-order valence-corrected chi connectivity index (χ2v) is 9.61. The van der Waals surface area contributed by atoms with Crippen LogP contribution < -0.4 is 14.8 Å². The van der Waals surface area contributed by atoms with Crippen LogP contribution in [-0.4, -0.2) is 78.7 Å². The number of anilines is 2. The standard InChI is InChI=1S/C26H36N6O3/c1-7-26(11-8-12-26)32-20(24(33)31(4)5)15-18-17-27-25(29-23(18)32)28-19-9-10-21(22(16-19)34-6)35-14-13-30(2)3/h9-10,15-17H,7-8,11-14H2,1-6H3,(H,27,28,29). The van der Waals surface area contributed by atoms with Crippen molar-refractivity contribution in [2.75, 3.05) is 53.8 Å². The maximum atomic E-state index is 13.0. The normalized spacial score (nSPS) is 14.6. The topological polar surface area (TPSA) is 84.8 Å². The van der Waals surface area contributed by atoms with Gasteiger partial charge in [0.15, 0.2) is 11.5 Å². The summed E-state index contributed by atoms with van der Waals surface area (Å²) in [6.45, 7) is 3.57. The molecule has 0 atom stereocenters. The van der Waals surface area contributed by atoms with Crippen LogP contribution in [-0.2, 0) is 5.54 Å². The van der Waals surface area contributed by atoms with Gasteiger partial charge in [-0.05, 0) is 58.0 Å². The molecule has 4 rings (SSSR count). The van der Waals surface area contributed by atoms with Gasteiger partial charge in [0.25, 0.3) is 5.91 Å². The third kappa shape index (κ3) is 4.91. The number of carbonyl (C=O) groups is 1. The van der Waals surface area contributed by atoms with Crippen LogP contribution in [0.5, 0.6) is 11.5 Å². The monoisotopic (exact) mass is 480 g/mol. The van der Waals surface area contributed by atoms with E-state index in [2.05, 4.69) is 26.7 Å². The smallest absolute Gasteiger partial charge is 0.270 e. The number of hydrogen-bond acceptors (Lipinski definition) is 7. The Bertz CT molecular complexity index is 1190. The van der Waals surface area contributed by atoms with E-state index in [-0.39, 0.29) is 11.4 Å². The summed E-state index contributed by atoms with van der Waals surface area (Å²) in [5, 5.41) is 4.16. The van der Waals surface area contributed by atoms with Gasteiger partial charge in [0.05, 0.1) is 7.11 Å². The fourth-order valence-corrected chi connectivity index (χ4v) is 4.57. The summed E-state index contributed by atoms with van der Waals surface area (Å²) in [6.07, 6.45) is 5.97. The summed E-state index contributed by atoms with van der Waals surface area (Å²) in [7, 11) is 9.20. The first kappa shape index (κ1) is 24.8. The summed E-state index contributed by atoms with van der Waals surface area (Å²) >= 11 is 0. The molecule has 0 bridgehead atoms. The molecule has 188 valence electrons. The Balaban J connectivity index is 1.66. The average Bonchev–Trinajstić information content (AvgIpc) is 3.18. The number of amides is 1. The number of likely N-dealkylation sites (N-methyl/N-ethyl adjacent to an activating group) is 1. The van der Waals surface area contributed by atoms with Crippen LogP contribution in [0.3, 0.4) is 0 Å². The van der Waals surface area contributed by atoms with E-state index in [1.54, 1.807) is 32.3 Å². The zero-order chi connectivity index (χ0) is 25.2. The highest BCUT2D eigenvalue weighted by Gasteiger charge is 2.41. The van der Waals surface area contributed by atoms with E-state index in [1.165, 1.54) is 0 Å². The quantitative estimate of drug-likeness (QED) is 0.467. The van der Waals surface area contributed by atoms with Gasteiger partial charge in [0, 0.05) is 49.5 Å². The molecule has 1 N–H and O–H groups in total. The van der Waals surface area contributed by atoms with Crippen molar-refractivity contribution in [1.29, 1.82) is 0 Å². The van der Waals surface area contributed by atoms with Crippen LogP contribution in [0, 0.1) is 0 Å². The Morgan fingerprint density at radius 2 is 1.94 bits per heavy atom. The van der Waals surface area contributed by atoms with E-state index >= 15 is 0 Å². The number of benzene rings is 1. The second kappa shape index (κ2) is 10.1. The summed E-state index contributed by atoms with van der Waals surface area (Å²) in [5.74, 6) is 1.77. The summed E-state index contributed by atoms with van der Waals surface area (Å²) in [6, 6.07) is 7.59. The van der Waals surface area contributed by atoms with Crippen molar-refractivity contribution in [2.45, 2.75) is 38.1 Å². The molecule has 1 fully saturated rings. The largest absolute Gasteiger partial charge is 0.493 e. The van der Waals surface area contributed by atoms with Crippen LogP contribution in [0.15, 0.2) is 30.5 Å². The molecule has 35 heavy (non-hydrogen) atoms. The van der Waals surface area contributed by atoms with E-state index in [0.29, 0.717) is 29.7 Å². The maximum absolute atomic E-state index is 13.0. The average molecular weight is 481 g/mol. The SMILES string of the molecule is CCC1(n2c(C(=O)N(C)C)cc3cnc(Nc4ccc(OCCN(C)C)c(OC)c4)nc32)CCC1. The molecule has 9 nitrogen and oxygen atoms in total. The van der Waals surface area contributed by atoms with E-state index in [0.717, 1.165) is 48.9 Å². The van der Waals surface area contributed by atoms with Gasteiger partial charge in [-0.1, -0.05) is 6.92 Å². The molecule has 0 unspecified atom stereocenters.